The standard InChI is InChI=1S/C13H21N3O/c1-3-4-5-7-11-8-6-9-17-13(11,2)12-14-10-15-16-12/h3,10-11H,1,4-9H2,2H3,(H,14,15,16). The topological polar surface area (TPSA) is 50.8 Å². The normalized spacial score (nSPS) is 29.1. The van der Waals surface area contributed by atoms with Crippen molar-refractivity contribution in [2.24, 2.45) is 5.92 Å². The van der Waals surface area contributed by atoms with E-state index < -0.39 is 0 Å². The van der Waals surface area contributed by atoms with E-state index in [1.54, 1.807) is 6.33 Å². The number of allylic oxidation sites excluding steroid dienone is 1. The third-order valence-corrected chi connectivity index (χ3v) is 3.72. The van der Waals surface area contributed by atoms with Gasteiger partial charge in [0.15, 0.2) is 5.82 Å². The molecular weight excluding hydrogens is 214 g/mol. The van der Waals surface area contributed by atoms with E-state index in [9.17, 15) is 0 Å². The Hall–Kier alpha value is -1.16. The fourth-order valence-corrected chi connectivity index (χ4v) is 2.64. The predicted octanol–water partition coefficient (Wildman–Crippen LogP) is 2.80. The molecule has 1 N–H and O–H groups in total. The summed E-state index contributed by atoms with van der Waals surface area (Å²) in [6, 6.07) is 0. The fourth-order valence-electron chi connectivity index (χ4n) is 2.64. The predicted molar refractivity (Wildman–Crippen MR) is 66.5 cm³/mol. The molecule has 0 saturated carbocycles. The Morgan fingerprint density at radius 1 is 1.71 bits per heavy atom. The van der Waals surface area contributed by atoms with Crippen LogP contribution in [0.4, 0.5) is 0 Å². The molecule has 0 amide bonds. The highest BCUT2D eigenvalue weighted by atomic mass is 16.5. The van der Waals surface area contributed by atoms with Crippen LogP contribution in [0.15, 0.2) is 19.0 Å². The largest absolute Gasteiger partial charge is 0.367 e. The van der Waals surface area contributed by atoms with Crippen LogP contribution in [0.5, 0.6) is 0 Å². The molecule has 94 valence electrons. The maximum absolute atomic E-state index is 5.99. The average Bonchev–Trinajstić information content (AvgIpc) is 2.86. The molecule has 1 aromatic heterocycles. The Morgan fingerprint density at radius 3 is 3.29 bits per heavy atom. The van der Waals surface area contributed by atoms with Crippen LogP contribution in [0, 0.1) is 5.92 Å². The summed E-state index contributed by atoms with van der Waals surface area (Å²) in [5.74, 6) is 1.38. The smallest absolute Gasteiger partial charge is 0.156 e. The molecule has 2 heterocycles. The number of unbranched alkanes of at least 4 members (excludes halogenated alkanes) is 1. The molecule has 2 atom stereocenters. The van der Waals surface area contributed by atoms with E-state index in [2.05, 4.69) is 28.7 Å². The van der Waals surface area contributed by atoms with Crippen LogP contribution < -0.4 is 0 Å². The van der Waals surface area contributed by atoms with Gasteiger partial charge in [-0.2, -0.15) is 5.10 Å². The molecule has 1 aromatic rings. The first-order chi connectivity index (χ1) is 8.27. The molecule has 1 aliphatic rings. The number of nitrogens with one attached hydrogen (secondary N) is 1. The highest BCUT2D eigenvalue weighted by molar-refractivity contribution is 5.02. The van der Waals surface area contributed by atoms with E-state index in [0.29, 0.717) is 5.92 Å². The molecule has 17 heavy (non-hydrogen) atoms. The minimum Gasteiger partial charge on any atom is -0.367 e. The second-order valence-corrected chi connectivity index (χ2v) is 4.85. The van der Waals surface area contributed by atoms with Crippen molar-refractivity contribution in [3.05, 3.63) is 24.8 Å². The number of rotatable bonds is 5. The summed E-state index contributed by atoms with van der Waals surface area (Å²) >= 11 is 0. The second kappa shape index (κ2) is 5.45. The van der Waals surface area contributed by atoms with Crippen LogP contribution in [0.1, 0.15) is 44.9 Å². The van der Waals surface area contributed by atoms with E-state index in [4.69, 9.17) is 4.74 Å². The molecule has 0 aromatic carbocycles. The number of nitrogens with zero attached hydrogens (tertiary/aromatic N) is 2. The average molecular weight is 235 g/mol. The lowest BCUT2D eigenvalue weighted by molar-refractivity contribution is -0.120. The van der Waals surface area contributed by atoms with Crippen LogP contribution in [0.3, 0.4) is 0 Å². The summed E-state index contributed by atoms with van der Waals surface area (Å²) in [7, 11) is 0. The summed E-state index contributed by atoms with van der Waals surface area (Å²) < 4.78 is 5.99. The van der Waals surface area contributed by atoms with Gasteiger partial charge in [-0.15, -0.1) is 6.58 Å². The van der Waals surface area contributed by atoms with E-state index in [0.717, 1.165) is 31.7 Å². The number of H-pyrrole nitrogens is 1. The molecule has 2 unspecified atom stereocenters. The lowest BCUT2D eigenvalue weighted by Gasteiger charge is -2.39. The minimum absolute atomic E-state index is 0.296. The van der Waals surface area contributed by atoms with Crippen molar-refractivity contribution in [3.63, 3.8) is 0 Å². The van der Waals surface area contributed by atoms with Gasteiger partial charge in [0, 0.05) is 6.61 Å². The van der Waals surface area contributed by atoms with Crippen molar-refractivity contribution in [1.82, 2.24) is 15.2 Å². The van der Waals surface area contributed by atoms with E-state index in [1.165, 1.54) is 12.8 Å². The van der Waals surface area contributed by atoms with Crippen LogP contribution in [0.25, 0.3) is 0 Å². The number of aromatic amines is 1. The zero-order chi connectivity index (χ0) is 12.1. The summed E-state index contributed by atoms with van der Waals surface area (Å²) in [6.45, 7) is 6.71. The molecule has 0 aliphatic carbocycles. The number of hydrogen-bond donors (Lipinski definition) is 1. The number of ether oxygens (including phenoxy) is 1. The third kappa shape index (κ3) is 2.57. The van der Waals surface area contributed by atoms with Crippen LogP contribution >= 0.6 is 0 Å². The van der Waals surface area contributed by atoms with Gasteiger partial charge in [-0.1, -0.05) is 6.08 Å². The van der Waals surface area contributed by atoms with E-state index in [1.807, 2.05) is 6.08 Å². The molecule has 0 spiro atoms. The van der Waals surface area contributed by atoms with Crippen molar-refractivity contribution in [3.8, 4) is 0 Å². The molecule has 0 radical (unpaired) electrons. The maximum Gasteiger partial charge on any atom is 0.156 e. The van der Waals surface area contributed by atoms with Gasteiger partial charge in [0.2, 0.25) is 0 Å². The van der Waals surface area contributed by atoms with Gasteiger partial charge in [0.05, 0.1) is 0 Å². The SMILES string of the molecule is C=CCCCC1CCCOC1(C)c1ncn[nH]1. The van der Waals surface area contributed by atoms with Gasteiger partial charge < -0.3 is 4.74 Å². The summed E-state index contributed by atoms with van der Waals surface area (Å²) in [4.78, 5) is 4.28. The van der Waals surface area contributed by atoms with Gasteiger partial charge in [-0.25, -0.2) is 4.98 Å². The Morgan fingerprint density at radius 2 is 2.59 bits per heavy atom. The molecule has 4 heteroatoms. The molecule has 2 rings (SSSR count). The van der Waals surface area contributed by atoms with E-state index in [-0.39, 0.29) is 5.60 Å². The van der Waals surface area contributed by atoms with Gasteiger partial charge in [-0.3, -0.25) is 5.10 Å². The summed E-state index contributed by atoms with van der Waals surface area (Å²) in [5.41, 5.74) is -0.296. The molecule has 1 saturated heterocycles. The Balaban J connectivity index is 2.08. The highest BCUT2D eigenvalue weighted by Crippen LogP contribution is 2.40. The zero-order valence-corrected chi connectivity index (χ0v) is 10.5. The lowest BCUT2D eigenvalue weighted by atomic mass is 9.79. The van der Waals surface area contributed by atoms with Gasteiger partial charge in [0.25, 0.3) is 0 Å². The molecule has 1 fully saturated rings. The monoisotopic (exact) mass is 235 g/mol. The molecule has 1 aliphatic heterocycles. The van der Waals surface area contributed by atoms with Crippen molar-refractivity contribution >= 4 is 0 Å². The maximum atomic E-state index is 5.99. The number of aromatic nitrogens is 3. The number of hydrogen-bond acceptors (Lipinski definition) is 3. The van der Waals surface area contributed by atoms with Gasteiger partial charge in [0.1, 0.15) is 11.9 Å². The second-order valence-electron chi connectivity index (χ2n) is 4.85. The first-order valence-electron chi connectivity index (χ1n) is 6.38. The Kier molecular flexibility index (Phi) is 3.94. The van der Waals surface area contributed by atoms with Gasteiger partial charge in [-0.05, 0) is 44.9 Å². The third-order valence-electron chi connectivity index (χ3n) is 3.72. The first kappa shape index (κ1) is 12.3. The van der Waals surface area contributed by atoms with E-state index >= 15 is 0 Å². The van der Waals surface area contributed by atoms with Crippen LogP contribution in [-0.4, -0.2) is 21.8 Å². The molecule has 0 bridgehead atoms. The lowest BCUT2D eigenvalue weighted by Crippen LogP contribution is -2.40. The fraction of sp³-hybridized carbons (Fsp3) is 0.692. The summed E-state index contributed by atoms with van der Waals surface area (Å²) in [6.07, 6.45) is 9.28. The zero-order valence-electron chi connectivity index (χ0n) is 10.5. The van der Waals surface area contributed by atoms with Crippen LogP contribution in [-0.2, 0) is 10.3 Å². The van der Waals surface area contributed by atoms with Crippen molar-refractivity contribution < 1.29 is 4.74 Å². The first-order valence-corrected chi connectivity index (χ1v) is 6.38. The minimum atomic E-state index is -0.296. The Labute approximate surface area is 102 Å². The highest BCUT2D eigenvalue weighted by Gasteiger charge is 2.41. The summed E-state index contributed by atoms with van der Waals surface area (Å²) in [5, 5.41) is 6.90. The molecular formula is C13H21N3O. The van der Waals surface area contributed by atoms with Crippen LogP contribution in [0.2, 0.25) is 0 Å². The Bertz CT molecular complexity index is 350. The van der Waals surface area contributed by atoms with Crippen molar-refractivity contribution in [1.29, 1.82) is 0 Å². The van der Waals surface area contributed by atoms with Crippen molar-refractivity contribution in [2.45, 2.75) is 44.6 Å². The quantitative estimate of drug-likeness (QED) is 0.630. The van der Waals surface area contributed by atoms with Gasteiger partial charge >= 0.3 is 0 Å². The van der Waals surface area contributed by atoms with Crippen molar-refractivity contribution in [2.75, 3.05) is 6.61 Å². The molecule has 4 nitrogen and oxygen atoms in total.